The quantitative estimate of drug-likeness (QED) is 0.810. The summed E-state index contributed by atoms with van der Waals surface area (Å²) in [6, 6.07) is 4.22. The molecular weight excluding hydrogens is 324 g/mol. The minimum absolute atomic E-state index is 0.0850. The van der Waals surface area contributed by atoms with Crippen LogP contribution in [0.5, 0.6) is 0 Å². The summed E-state index contributed by atoms with van der Waals surface area (Å²) in [6.45, 7) is 2.15. The van der Waals surface area contributed by atoms with E-state index < -0.39 is 11.6 Å². The number of amides is 2. The first kappa shape index (κ1) is 18.0. The first-order chi connectivity index (χ1) is 12.1. The predicted octanol–water partition coefficient (Wildman–Crippen LogP) is 3.81. The molecule has 2 fully saturated rings. The number of hydrogen-bond donors (Lipinski definition) is 2. The zero-order valence-corrected chi connectivity index (χ0v) is 14.6. The number of carbonyl (C=O) groups excluding carboxylic acids is 1. The van der Waals surface area contributed by atoms with E-state index in [1.165, 1.54) is 31.7 Å². The highest BCUT2D eigenvalue weighted by atomic mass is 19.2. The molecule has 0 spiro atoms. The van der Waals surface area contributed by atoms with Crippen LogP contribution < -0.4 is 15.5 Å². The van der Waals surface area contributed by atoms with Gasteiger partial charge in [0.15, 0.2) is 11.6 Å². The normalized spacial score (nSPS) is 21.8. The molecule has 1 aliphatic heterocycles. The molecule has 1 aromatic carbocycles. The van der Waals surface area contributed by atoms with Gasteiger partial charge in [0.2, 0.25) is 0 Å². The van der Waals surface area contributed by atoms with Gasteiger partial charge in [-0.3, -0.25) is 0 Å². The highest BCUT2D eigenvalue weighted by molar-refractivity contribution is 5.74. The van der Waals surface area contributed by atoms with Crippen LogP contribution >= 0.6 is 0 Å². The Morgan fingerprint density at radius 2 is 1.84 bits per heavy atom. The van der Waals surface area contributed by atoms with Crippen molar-refractivity contribution >= 4 is 11.7 Å². The minimum atomic E-state index is -0.823. The van der Waals surface area contributed by atoms with Crippen LogP contribution in [0.4, 0.5) is 19.3 Å². The van der Waals surface area contributed by atoms with Gasteiger partial charge in [0.1, 0.15) is 0 Å². The first-order valence-electron chi connectivity index (χ1n) is 9.36. The van der Waals surface area contributed by atoms with E-state index in [1.807, 2.05) is 4.90 Å². The molecule has 0 bridgehead atoms. The molecule has 2 N–H and O–H groups in total. The Morgan fingerprint density at radius 1 is 1.08 bits per heavy atom. The van der Waals surface area contributed by atoms with Crippen molar-refractivity contribution < 1.29 is 13.6 Å². The second-order valence-electron chi connectivity index (χ2n) is 7.24. The van der Waals surface area contributed by atoms with Crippen molar-refractivity contribution in [3.05, 3.63) is 29.8 Å². The van der Waals surface area contributed by atoms with Crippen LogP contribution in [0.2, 0.25) is 0 Å². The molecule has 1 saturated heterocycles. The van der Waals surface area contributed by atoms with Gasteiger partial charge in [-0.25, -0.2) is 13.6 Å². The van der Waals surface area contributed by atoms with E-state index in [9.17, 15) is 13.6 Å². The SMILES string of the molecule is O=C(NC[C@@H]1CCN(c2ccc(F)c(F)c2)C1)NC1CCCCCC1. The van der Waals surface area contributed by atoms with E-state index in [1.54, 1.807) is 6.07 Å². The molecule has 2 amide bonds. The van der Waals surface area contributed by atoms with E-state index in [0.29, 0.717) is 24.2 Å². The van der Waals surface area contributed by atoms with Crippen molar-refractivity contribution in [1.82, 2.24) is 10.6 Å². The zero-order valence-electron chi connectivity index (χ0n) is 14.6. The molecule has 1 heterocycles. The molecule has 1 atom stereocenters. The van der Waals surface area contributed by atoms with E-state index in [-0.39, 0.29) is 6.03 Å². The van der Waals surface area contributed by atoms with Gasteiger partial charge in [0, 0.05) is 37.4 Å². The molecule has 1 aromatic rings. The summed E-state index contributed by atoms with van der Waals surface area (Å²) in [6.07, 6.45) is 7.99. The second kappa shape index (κ2) is 8.50. The maximum absolute atomic E-state index is 13.4. The molecule has 0 radical (unpaired) electrons. The maximum Gasteiger partial charge on any atom is 0.315 e. The Hall–Kier alpha value is -1.85. The summed E-state index contributed by atoms with van der Waals surface area (Å²) in [5.74, 6) is -1.31. The summed E-state index contributed by atoms with van der Waals surface area (Å²) in [4.78, 5) is 14.1. The molecule has 1 aliphatic carbocycles. The number of nitrogens with zero attached hydrogens (tertiary/aromatic N) is 1. The molecule has 0 unspecified atom stereocenters. The Labute approximate surface area is 148 Å². The fourth-order valence-electron chi connectivity index (χ4n) is 3.81. The van der Waals surface area contributed by atoms with Gasteiger partial charge in [-0.2, -0.15) is 0 Å². The lowest BCUT2D eigenvalue weighted by molar-refractivity contribution is 0.234. The third-order valence-electron chi connectivity index (χ3n) is 5.30. The van der Waals surface area contributed by atoms with Crippen molar-refractivity contribution in [2.24, 2.45) is 5.92 Å². The number of benzene rings is 1. The van der Waals surface area contributed by atoms with Crippen LogP contribution in [0.25, 0.3) is 0 Å². The lowest BCUT2D eigenvalue weighted by Gasteiger charge is -2.20. The largest absolute Gasteiger partial charge is 0.371 e. The first-order valence-corrected chi connectivity index (χ1v) is 9.36. The number of urea groups is 1. The molecular formula is C19H27F2N3O. The van der Waals surface area contributed by atoms with Crippen LogP contribution in [-0.4, -0.2) is 31.7 Å². The van der Waals surface area contributed by atoms with E-state index in [0.717, 1.165) is 38.4 Å². The molecule has 4 nitrogen and oxygen atoms in total. The Bertz CT molecular complexity index is 588. The number of anilines is 1. The van der Waals surface area contributed by atoms with Crippen molar-refractivity contribution in [3.8, 4) is 0 Å². The molecule has 25 heavy (non-hydrogen) atoms. The number of nitrogens with one attached hydrogen (secondary N) is 2. The van der Waals surface area contributed by atoms with Crippen molar-refractivity contribution in [2.75, 3.05) is 24.5 Å². The molecule has 6 heteroatoms. The summed E-state index contributed by atoms with van der Waals surface area (Å²) < 4.78 is 26.4. The Balaban J connectivity index is 1.42. The summed E-state index contributed by atoms with van der Waals surface area (Å²) in [5, 5.41) is 6.06. The topological polar surface area (TPSA) is 44.4 Å². The Morgan fingerprint density at radius 3 is 2.56 bits per heavy atom. The number of halogens is 2. The van der Waals surface area contributed by atoms with Gasteiger partial charge in [0.25, 0.3) is 0 Å². The number of hydrogen-bond acceptors (Lipinski definition) is 2. The van der Waals surface area contributed by atoms with Crippen molar-refractivity contribution in [3.63, 3.8) is 0 Å². The number of carbonyl (C=O) groups is 1. The smallest absolute Gasteiger partial charge is 0.315 e. The summed E-state index contributed by atoms with van der Waals surface area (Å²) >= 11 is 0. The standard InChI is InChI=1S/C19H27F2N3O/c20-17-8-7-16(11-18(17)21)24-10-9-14(13-24)12-22-19(25)23-15-5-3-1-2-4-6-15/h7-8,11,14-15H,1-6,9-10,12-13H2,(H2,22,23,25)/t14-/m0/s1. The summed E-state index contributed by atoms with van der Waals surface area (Å²) in [7, 11) is 0. The van der Waals surface area contributed by atoms with Crippen LogP contribution in [0, 0.1) is 17.6 Å². The molecule has 1 saturated carbocycles. The monoisotopic (exact) mass is 351 g/mol. The summed E-state index contributed by atoms with van der Waals surface area (Å²) in [5.41, 5.74) is 0.698. The average molecular weight is 351 g/mol. The van der Waals surface area contributed by atoms with Crippen LogP contribution in [0.15, 0.2) is 18.2 Å². The number of rotatable bonds is 4. The average Bonchev–Trinajstić information content (AvgIpc) is 2.93. The molecule has 3 rings (SSSR count). The van der Waals surface area contributed by atoms with E-state index in [4.69, 9.17) is 0 Å². The highest BCUT2D eigenvalue weighted by Gasteiger charge is 2.24. The lowest BCUT2D eigenvalue weighted by atomic mass is 10.1. The van der Waals surface area contributed by atoms with E-state index >= 15 is 0 Å². The van der Waals surface area contributed by atoms with Gasteiger partial charge in [0.05, 0.1) is 0 Å². The third kappa shape index (κ3) is 5.06. The van der Waals surface area contributed by atoms with Crippen LogP contribution in [-0.2, 0) is 0 Å². The third-order valence-corrected chi connectivity index (χ3v) is 5.30. The van der Waals surface area contributed by atoms with E-state index in [2.05, 4.69) is 10.6 Å². The maximum atomic E-state index is 13.4. The van der Waals surface area contributed by atoms with Gasteiger partial charge < -0.3 is 15.5 Å². The highest BCUT2D eigenvalue weighted by Crippen LogP contribution is 2.25. The fraction of sp³-hybridized carbons (Fsp3) is 0.632. The van der Waals surface area contributed by atoms with Crippen LogP contribution in [0.3, 0.4) is 0 Å². The van der Waals surface area contributed by atoms with Crippen molar-refractivity contribution in [2.45, 2.75) is 51.0 Å². The molecule has 0 aromatic heterocycles. The fourth-order valence-corrected chi connectivity index (χ4v) is 3.81. The molecule has 2 aliphatic rings. The second-order valence-corrected chi connectivity index (χ2v) is 7.24. The van der Waals surface area contributed by atoms with Gasteiger partial charge in [-0.05, 0) is 37.3 Å². The van der Waals surface area contributed by atoms with Crippen LogP contribution in [0.1, 0.15) is 44.9 Å². The predicted molar refractivity (Wildman–Crippen MR) is 94.7 cm³/mol. The zero-order chi connectivity index (χ0) is 17.6. The van der Waals surface area contributed by atoms with Crippen molar-refractivity contribution in [1.29, 1.82) is 0 Å². The minimum Gasteiger partial charge on any atom is -0.371 e. The lowest BCUT2D eigenvalue weighted by Crippen LogP contribution is -2.43. The Kier molecular flexibility index (Phi) is 6.10. The van der Waals surface area contributed by atoms with Gasteiger partial charge in [-0.15, -0.1) is 0 Å². The molecule has 138 valence electrons. The van der Waals surface area contributed by atoms with Gasteiger partial charge in [-0.1, -0.05) is 25.7 Å². The van der Waals surface area contributed by atoms with Gasteiger partial charge >= 0.3 is 6.03 Å².